The maximum Gasteiger partial charge on any atom is 0.280 e. The summed E-state index contributed by atoms with van der Waals surface area (Å²) in [6, 6.07) is 10.4. The van der Waals surface area contributed by atoms with Crippen molar-refractivity contribution in [3.63, 3.8) is 0 Å². The predicted octanol–water partition coefficient (Wildman–Crippen LogP) is 3.26. The van der Waals surface area contributed by atoms with Gasteiger partial charge in [0.05, 0.1) is 7.11 Å². The lowest BCUT2D eigenvalue weighted by Gasteiger charge is -2.25. The SMILES string of the molecule is CO/C(=C/C(C)C)O[Si](C)(C)c1ccccc1. The van der Waals surface area contributed by atoms with Gasteiger partial charge in [-0.05, 0) is 30.3 Å². The van der Waals surface area contributed by atoms with Gasteiger partial charge in [-0.2, -0.15) is 0 Å². The van der Waals surface area contributed by atoms with Crippen LogP contribution in [0.25, 0.3) is 0 Å². The van der Waals surface area contributed by atoms with Crippen molar-refractivity contribution >= 4 is 13.5 Å². The lowest BCUT2D eigenvalue weighted by molar-refractivity contribution is 0.145. The molecule has 2 nitrogen and oxygen atoms in total. The molecule has 94 valence electrons. The van der Waals surface area contributed by atoms with Crippen molar-refractivity contribution in [2.75, 3.05) is 7.11 Å². The summed E-state index contributed by atoms with van der Waals surface area (Å²) >= 11 is 0. The first-order valence-corrected chi connectivity index (χ1v) is 8.87. The van der Waals surface area contributed by atoms with E-state index in [9.17, 15) is 0 Å². The number of rotatable bonds is 5. The molecular formula is C14H22O2Si. The monoisotopic (exact) mass is 250 g/mol. The average molecular weight is 250 g/mol. The third-order valence-electron chi connectivity index (χ3n) is 2.50. The molecule has 0 radical (unpaired) electrons. The summed E-state index contributed by atoms with van der Waals surface area (Å²) in [6.07, 6.45) is 2.01. The van der Waals surface area contributed by atoms with E-state index in [1.54, 1.807) is 7.11 Å². The molecule has 0 unspecified atom stereocenters. The molecule has 0 saturated carbocycles. The molecule has 0 amide bonds. The molecule has 0 spiro atoms. The minimum atomic E-state index is -1.92. The Morgan fingerprint density at radius 1 is 1.18 bits per heavy atom. The normalized spacial score (nSPS) is 12.7. The molecule has 0 saturated heterocycles. The average Bonchev–Trinajstić information content (AvgIpc) is 2.28. The van der Waals surface area contributed by atoms with E-state index in [-0.39, 0.29) is 0 Å². The van der Waals surface area contributed by atoms with Crippen LogP contribution in [0.15, 0.2) is 42.4 Å². The molecule has 17 heavy (non-hydrogen) atoms. The van der Waals surface area contributed by atoms with Gasteiger partial charge in [-0.1, -0.05) is 44.2 Å². The van der Waals surface area contributed by atoms with Crippen LogP contribution >= 0.6 is 0 Å². The Kier molecular flexibility index (Phi) is 4.81. The van der Waals surface area contributed by atoms with Crippen LogP contribution in [0.3, 0.4) is 0 Å². The smallest absolute Gasteiger partial charge is 0.280 e. The molecule has 0 aromatic heterocycles. The largest absolute Gasteiger partial charge is 0.515 e. The Morgan fingerprint density at radius 2 is 1.76 bits per heavy atom. The Morgan fingerprint density at radius 3 is 2.24 bits per heavy atom. The van der Waals surface area contributed by atoms with E-state index in [1.165, 1.54) is 5.19 Å². The fourth-order valence-corrected chi connectivity index (χ4v) is 3.33. The summed E-state index contributed by atoms with van der Waals surface area (Å²) in [5.74, 6) is 1.06. The van der Waals surface area contributed by atoms with Crippen molar-refractivity contribution in [2.45, 2.75) is 26.9 Å². The minimum Gasteiger partial charge on any atom is -0.515 e. The maximum atomic E-state index is 6.06. The van der Waals surface area contributed by atoms with E-state index in [0.717, 1.165) is 0 Å². The number of benzene rings is 1. The van der Waals surface area contributed by atoms with Crippen molar-refractivity contribution in [1.82, 2.24) is 0 Å². The van der Waals surface area contributed by atoms with Crippen LogP contribution in [0.5, 0.6) is 0 Å². The summed E-state index contributed by atoms with van der Waals surface area (Å²) in [5.41, 5.74) is 0. The zero-order valence-corrected chi connectivity index (χ0v) is 12.4. The molecule has 0 bridgehead atoms. The highest BCUT2D eigenvalue weighted by Crippen LogP contribution is 2.14. The third kappa shape index (κ3) is 4.27. The summed E-state index contributed by atoms with van der Waals surface area (Å²) in [7, 11) is -0.267. The van der Waals surface area contributed by atoms with E-state index < -0.39 is 8.32 Å². The third-order valence-corrected chi connectivity index (χ3v) is 4.93. The molecule has 1 aromatic rings. The van der Waals surface area contributed by atoms with Crippen LogP contribution < -0.4 is 5.19 Å². The number of allylic oxidation sites excluding steroid dienone is 1. The Hall–Kier alpha value is -1.22. The highest BCUT2D eigenvalue weighted by Gasteiger charge is 2.28. The van der Waals surface area contributed by atoms with Crippen LogP contribution in [-0.4, -0.2) is 15.4 Å². The van der Waals surface area contributed by atoms with Crippen molar-refractivity contribution in [3.8, 4) is 0 Å². The highest BCUT2D eigenvalue weighted by atomic mass is 28.4. The minimum absolute atomic E-state index is 0.422. The summed E-state index contributed by atoms with van der Waals surface area (Å²) < 4.78 is 11.4. The summed E-state index contributed by atoms with van der Waals surface area (Å²) in [4.78, 5) is 0. The van der Waals surface area contributed by atoms with E-state index in [2.05, 4.69) is 39.1 Å². The topological polar surface area (TPSA) is 18.5 Å². The Labute approximate surface area is 105 Å². The number of hydrogen-bond donors (Lipinski definition) is 0. The van der Waals surface area contributed by atoms with Crippen molar-refractivity contribution < 1.29 is 9.16 Å². The molecule has 0 aliphatic rings. The zero-order valence-electron chi connectivity index (χ0n) is 11.4. The molecule has 0 aliphatic heterocycles. The molecule has 0 fully saturated rings. The fourth-order valence-electron chi connectivity index (χ4n) is 1.57. The number of methoxy groups -OCH3 is 1. The standard InChI is InChI=1S/C14H22O2Si/c1-12(2)11-14(15-3)16-17(4,5)13-9-7-6-8-10-13/h6-12H,1-5H3/b14-11-. The zero-order chi connectivity index (χ0) is 12.9. The van der Waals surface area contributed by atoms with Gasteiger partial charge < -0.3 is 9.16 Å². The fraction of sp³-hybridized carbons (Fsp3) is 0.429. The predicted molar refractivity (Wildman–Crippen MR) is 74.6 cm³/mol. The van der Waals surface area contributed by atoms with Crippen LogP contribution in [0.1, 0.15) is 13.8 Å². The van der Waals surface area contributed by atoms with Gasteiger partial charge in [-0.15, -0.1) is 0 Å². The van der Waals surface area contributed by atoms with Gasteiger partial charge in [0, 0.05) is 0 Å². The number of hydrogen-bond acceptors (Lipinski definition) is 2. The molecule has 0 atom stereocenters. The second kappa shape index (κ2) is 5.91. The second-order valence-electron chi connectivity index (χ2n) is 4.91. The van der Waals surface area contributed by atoms with Crippen LogP contribution in [0, 0.1) is 5.92 Å². The summed E-state index contributed by atoms with van der Waals surface area (Å²) in [5, 5.41) is 1.27. The molecule has 1 aromatic carbocycles. The van der Waals surface area contributed by atoms with Gasteiger partial charge in [0.15, 0.2) is 0 Å². The molecule has 0 N–H and O–H groups in total. The van der Waals surface area contributed by atoms with Crippen molar-refractivity contribution in [3.05, 3.63) is 42.4 Å². The van der Waals surface area contributed by atoms with E-state index in [4.69, 9.17) is 9.16 Å². The van der Waals surface area contributed by atoms with E-state index in [0.29, 0.717) is 11.9 Å². The quantitative estimate of drug-likeness (QED) is 0.590. The highest BCUT2D eigenvalue weighted by molar-refractivity contribution is 6.84. The van der Waals surface area contributed by atoms with E-state index in [1.807, 2.05) is 24.3 Å². The van der Waals surface area contributed by atoms with Gasteiger partial charge in [0.1, 0.15) is 0 Å². The first-order chi connectivity index (χ1) is 7.95. The van der Waals surface area contributed by atoms with Crippen molar-refractivity contribution in [2.24, 2.45) is 5.92 Å². The molecule has 0 heterocycles. The Balaban J connectivity index is 2.85. The lowest BCUT2D eigenvalue weighted by Crippen LogP contribution is -2.44. The number of ether oxygens (including phenoxy) is 1. The molecular weight excluding hydrogens is 228 g/mol. The van der Waals surface area contributed by atoms with Crippen LogP contribution in [0.2, 0.25) is 13.1 Å². The maximum absolute atomic E-state index is 6.06. The summed E-state index contributed by atoms with van der Waals surface area (Å²) in [6.45, 7) is 8.57. The molecule has 0 aliphatic carbocycles. The van der Waals surface area contributed by atoms with E-state index >= 15 is 0 Å². The van der Waals surface area contributed by atoms with Crippen LogP contribution in [0.4, 0.5) is 0 Å². The van der Waals surface area contributed by atoms with Crippen LogP contribution in [-0.2, 0) is 9.16 Å². The Bertz CT molecular complexity index is 369. The lowest BCUT2D eigenvalue weighted by atomic mass is 10.2. The van der Waals surface area contributed by atoms with Gasteiger partial charge in [0.2, 0.25) is 0 Å². The van der Waals surface area contributed by atoms with Gasteiger partial charge >= 0.3 is 0 Å². The first kappa shape index (κ1) is 13.8. The first-order valence-electron chi connectivity index (χ1n) is 5.96. The molecule has 1 rings (SSSR count). The molecule has 3 heteroatoms. The van der Waals surface area contributed by atoms with Gasteiger partial charge in [-0.3, -0.25) is 0 Å². The van der Waals surface area contributed by atoms with Crippen molar-refractivity contribution in [1.29, 1.82) is 0 Å². The second-order valence-corrected chi connectivity index (χ2v) is 8.71. The van der Waals surface area contributed by atoms with Gasteiger partial charge in [-0.25, -0.2) is 0 Å². The van der Waals surface area contributed by atoms with Gasteiger partial charge in [0.25, 0.3) is 14.3 Å².